The number of carbonyl (C=O) groups is 3. The maximum absolute atomic E-state index is 11.6. The summed E-state index contributed by atoms with van der Waals surface area (Å²) < 4.78 is 14.1. The number of carbonyl (C=O) groups excluding carboxylic acids is 3. The van der Waals surface area contributed by atoms with E-state index in [0.717, 1.165) is 6.92 Å². The van der Waals surface area contributed by atoms with Crippen molar-refractivity contribution in [2.75, 3.05) is 13.2 Å². The van der Waals surface area contributed by atoms with E-state index in [2.05, 4.69) is 11.3 Å². The highest BCUT2D eigenvalue weighted by molar-refractivity contribution is 5.88. The van der Waals surface area contributed by atoms with Crippen LogP contribution in [0, 0.1) is 5.41 Å². The van der Waals surface area contributed by atoms with E-state index in [1.54, 1.807) is 13.8 Å². The van der Waals surface area contributed by atoms with Gasteiger partial charge in [-0.1, -0.05) is 6.92 Å². The molecule has 0 aliphatic carbocycles. The molecule has 0 N–H and O–H groups in total. The summed E-state index contributed by atoms with van der Waals surface area (Å²) >= 11 is 0. The molecule has 108 valence electrons. The maximum Gasteiger partial charge on any atom is 0.373 e. The third-order valence-electron chi connectivity index (χ3n) is 2.48. The zero-order valence-corrected chi connectivity index (χ0v) is 11.8. The molecule has 0 rings (SSSR count). The Bertz CT molecular complexity index is 369. The molecule has 0 aromatic heterocycles. The Hall–Kier alpha value is -1.85. The number of hydrogen-bond donors (Lipinski definition) is 0. The van der Waals surface area contributed by atoms with E-state index in [9.17, 15) is 14.4 Å². The molecular weight excluding hydrogens is 252 g/mol. The molecule has 0 aliphatic rings. The maximum atomic E-state index is 11.6. The number of hydrogen-bond acceptors (Lipinski definition) is 6. The summed E-state index contributed by atoms with van der Waals surface area (Å²) in [6.07, 6.45) is 0.648. The van der Waals surface area contributed by atoms with E-state index in [-0.39, 0.29) is 19.2 Å². The second kappa shape index (κ2) is 7.56. The van der Waals surface area contributed by atoms with Crippen molar-refractivity contribution in [3.63, 3.8) is 0 Å². The molecule has 0 fully saturated rings. The molecule has 19 heavy (non-hydrogen) atoms. The van der Waals surface area contributed by atoms with Crippen LogP contribution >= 0.6 is 0 Å². The summed E-state index contributed by atoms with van der Waals surface area (Å²) in [6, 6.07) is 0. The van der Waals surface area contributed by atoms with Gasteiger partial charge < -0.3 is 14.2 Å². The summed E-state index contributed by atoms with van der Waals surface area (Å²) in [7, 11) is 0. The van der Waals surface area contributed by atoms with Gasteiger partial charge in [-0.15, -0.1) is 0 Å². The van der Waals surface area contributed by atoms with Crippen molar-refractivity contribution in [2.24, 2.45) is 5.41 Å². The van der Waals surface area contributed by atoms with Gasteiger partial charge in [0.2, 0.25) is 5.76 Å². The normalized spacial score (nSPS) is 10.5. The lowest BCUT2D eigenvalue weighted by molar-refractivity contribution is -0.159. The van der Waals surface area contributed by atoms with Crippen molar-refractivity contribution < 1.29 is 28.6 Å². The van der Waals surface area contributed by atoms with Gasteiger partial charge in [0.25, 0.3) is 0 Å². The summed E-state index contributed by atoms with van der Waals surface area (Å²) in [6.45, 7) is 9.62. The van der Waals surface area contributed by atoms with E-state index in [4.69, 9.17) is 9.47 Å². The molecular formula is C13H20O6. The van der Waals surface area contributed by atoms with Gasteiger partial charge in [-0.25, -0.2) is 4.79 Å². The van der Waals surface area contributed by atoms with Gasteiger partial charge in [-0.05, 0) is 26.8 Å². The van der Waals surface area contributed by atoms with Gasteiger partial charge in [-0.3, -0.25) is 9.59 Å². The topological polar surface area (TPSA) is 78.9 Å². The first kappa shape index (κ1) is 17.2. The third-order valence-corrected chi connectivity index (χ3v) is 2.48. The van der Waals surface area contributed by atoms with Crippen LogP contribution in [-0.4, -0.2) is 31.1 Å². The SMILES string of the molecule is C=C(OC(C)=O)C(=O)OCCOC(=O)C(C)(C)CC. The molecule has 0 saturated heterocycles. The Balaban J connectivity index is 3.93. The fraction of sp³-hybridized carbons (Fsp3) is 0.615. The second-order valence-electron chi connectivity index (χ2n) is 4.53. The third kappa shape index (κ3) is 6.59. The van der Waals surface area contributed by atoms with Gasteiger partial charge in [0.15, 0.2) is 0 Å². The molecule has 0 aliphatic heterocycles. The average Bonchev–Trinajstić information content (AvgIpc) is 2.32. The highest BCUT2D eigenvalue weighted by atomic mass is 16.6. The van der Waals surface area contributed by atoms with Crippen molar-refractivity contribution >= 4 is 17.9 Å². The fourth-order valence-corrected chi connectivity index (χ4v) is 0.904. The smallest absolute Gasteiger partial charge is 0.373 e. The van der Waals surface area contributed by atoms with E-state index < -0.39 is 23.1 Å². The number of esters is 3. The van der Waals surface area contributed by atoms with Crippen LogP contribution in [0.1, 0.15) is 34.1 Å². The first-order valence-corrected chi connectivity index (χ1v) is 5.92. The molecule has 0 atom stereocenters. The van der Waals surface area contributed by atoms with Crippen molar-refractivity contribution in [1.29, 1.82) is 0 Å². The standard InChI is InChI=1S/C13H20O6/c1-6-13(4,5)12(16)18-8-7-17-11(15)9(2)19-10(3)14/h2,6-8H2,1,3-5H3. The average molecular weight is 272 g/mol. The molecule has 0 unspecified atom stereocenters. The van der Waals surface area contributed by atoms with Crippen LogP contribution in [0.4, 0.5) is 0 Å². The Labute approximate surface area is 112 Å². The quantitative estimate of drug-likeness (QED) is 0.230. The number of rotatable bonds is 7. The minimum absolute atomic E-state index is 0.0542. The molecule has 6 nitrogen and oxygen atoms in total. The Morgan fingerprint density at radius 2 is 1.63 bits per heavy atom. The Morgan fingerprint density at radius 1 is 1.11 bits per heavy atom. The van der Waals surface area contributed by atoms with Crippen LogP contribution in [0.3, 0.4) is 0 Å². The van der Waals surface area contributed by atoms with E-state index >= 15 is 0 Å². The molecule has 0 heterocycles. The van der Waals surface area contributed by atoms with Gasteiger partial charge in [0.05, 0.1) is 5.41 Å². The monoisotopic (exact) mass is 272 g/mol. The first-order valence-electron chi connectivity index (χ1n) is 5.92. The van der Waals surface area contributed by atoms with Crippen molar-refractivity contribution in [3.05, 3.63) is 12.3 Å². The van der Waals surface area contributed by atoms with Gasteiger partial charge >= 0.3 is 17.9 Å². The number of ether oxygens (including phenoxy) is 3. The summed E-state index contributed by atoms with van der Waals surface area (Å²) in [4.78, 5) is 33.4. The summed E-state index contributed by atoms with van der Waals surface area (Å²) in [5, 5.41) is 0. The summed E-state index contributed by atoms with van der Waals surface area (Å²) in [5.41, 5.74) is -0.564. The predicted octanol–water partition coefficient (Wildman–Crippen LogP) is 1.59. The largest absolute Gasteiger partial charge is 0.462 e. The van der Waals surface area contributed by atoms with E-state index in [0.29, 0.717) is 6.42 Å². The minimum Gasteiger partial charge on any atom is -0.462 e. The lowest BCUT2D eigenvalue weighted by Gasteiger charge is -2.20. The van der Waals surface area contributed by atoms with Crippen molar-refractivity contribution in [1.82, 2.24) is 0 Å². The van der Waals surface area contributed by atoms with E-state index in [1.807, 2.05) is 6.92 Å². The van der Waals surface area contributed by atoms with Gasteiger partial charge in [-0.2, -0.15) is 0 Å². The molecule has 0 amide bonds. The Kier molecular flexibility index (Phi) is 6.82. The summed E-state index contributed by atoms with van der Waals surface area (Å²) in [5.74, 6) is -2.27. The van der Waals surface area contributed by atoms with Gasteiger partial charge in [0, 0.05) is 6.92 Å². The highest BCUT2D eigenvalue weighted by Gasteiger charge is 2.26. The van der Waals surface area contributed by atoms with Gasteiger partial charge in [0.1, 0.15) is 13.2 Å². The molecule has 0 saturated carbocycles. The van der Waals surface area contributed by atoms with Crippen LogP contribution in [-0.2, 0) is 28.6 Å². The lowest BCUT2D eigenvalue weighted by atomic mass is 9.91. The highest BCUT2D eigenvalue weighted by Crippen LogP contribution is 2.21. The zero-order chi connectivity index (χ0) is 15.1. The molecule has 6 heteroatoms. The Morgan fingerprint density at radius 3 is 2.11 bits per heavy atom. The van der Waals surface area contributed by atoms with Crippen LogP contribution in [0.5, 0.6) is 0 Å². The van der Waals surface area contributed by atoms with E-state index in [1.165, 1.54) is 0 Å². The van der Waals surface area contributed by atoms with Crippen LogP contribution in [0.25, 0.3) is 0 Å². The van der Waals surface area contributed by atoms with Crippen molar-refractivity contribution in [3.8, 4) is 0 Å². The lowest BCUT2D eigenvalue weighted by Crippen LogP contribution is -2.27. The molecule has 0 aromatic carbocycles. The second-order valence-corrected chi connectivity index (χ2v) is 4.53. The zero-order valence-electron chi connectivity index (χ0n) is 11.8. The molecule has 0 aromatic rings. The molecule has 0 radical (unpaired) electrons. The molecule has 0 spiro atoms. The molecule has 0 bridgehead atoms. The predicted molar refractivity (Wildman–Crippen MR) is 66.9 cm³/mol. The van der Waals surface area contributed by atoms with Crippen LogP contribution < -0.4 is 0 Å². The fourth-order valence-electron chi connectivity index (χ4n) is 0.904. The van der Waals surface area contributed by atoms with Crippen LogP contribution in [0.15, 0.2) is 12.3 Å². The van der Waals surface area contributed by atoms with Crippen LogP contribution in [0.2, 0.25) is 0 Å². The van der Waals surface area contributed by atoms with Crippen molar-refractivity contribution in [2.45, 2.75) is 34.1 Å². The first-order chi connectivity index (χ1) is 8.70. The minimum atomic E-state index is -0.860.